The van der Waals surface area contributed by atoms with Crippen LogP contribution in [0.4, 0.5) is 11.4 Å². The number of halogens is 2. The first kappa shape index (κ1) is 19.8. The number of benzene rings is 2. The summed E-state index contributed by atoms with van der Waals surface area (Å²) >= 11 is 12.2. The summed E-state index contributed by atoms with van der Waals surface area (Å²) in [5.74, 6) is 0. The van der Waals surface area contributed by atoms with Crippen molar-refractivity contribution in [2.45, 2.75) is 18.7 Å². The molecule has 0 spiro atoms. The summed E-state index contributed by atoms with van der Waals surface area (Å²) in [4.78, 5) is -0.0856. The first-order chi connectivity index (χ1) is 11.4. The smallest absolute Gasteiger partial charge is 0.263 e. The molecule has 10 heteroatoms. The van der Waals surface area contributed by atoms with E-state index in [1.807, 2.05) is 0 Å². The van der Waals surface area contributed by atoms with Crippen molar-refractivity contribution in [3.63, 3.8) is 0 Å². The van der Waals surface area contributed by atoms with E-state index in [2.05, 4.69) is 9.44 Å². The van der Waals surface area contributed by atoms with E-state index in [1.165, 1.54) is 24.3 Å². The summed E-state index contributed by atoms with van der Waals surface area (Å²) in [6.07, 6.45) is 1.02. The molecule has 0 heterocycles. The van der Waals surface area contributed by atoms with Gasteiger partial charge < -0.3 is 0 Å². The lowest BCUT2D eigenvalue weighted by Crippen LogP contribution is -2.16. The second kappa shape index (κ2) is 7.03. The lowest BCUT2D eigenvalue weighted by Gasteiger charge is -2.15. The van der Waals surface area contributed by atoms with Crippen molar-refractivity contribution in [2.75, 3.05) is 15.7 Å². The number of hydrogen-bond acceptors (Lipinski definition) is 4. The quantitative estimate of drug-likeness (QED) is 0.766. The van der Waals surface area contributed by atoms with Gasteiger partial charge in [0.2, 0.25) is 10.0 Å². The number of sulfonamides is 2. The van der Waals surface area contributed by atoms with E-state index in [1.54, 1.807) is 19.9 Å². The molecule has 0 aliphatic rings. The summed E-state index contributed by atoms with van der Waals surface area (Å²) in [6.45, 7) is 3.24. The molecule has 25 heavy (non-hydrogen) atoms. The average molecular weight is 423 g/mol. The molecule has 0 saturated heterocycles. The van der Waals surface area contributed by atoms with E-state index >= 15 is 0 Å². The Labute approximate surface area is 157 Å². The fourth-order valence-electron chi connectivity index (χ4n) is 2.16. The monoisotopic (exact) mass is 422 g/mol. The Morgan fingerprint density at radius 2 is 1.36 bits per heavy atom. The van der Waals surface area contributed by atoms with Crippen molar-refractivity contribution in [3.8, 4) is 0 Å². The van der Waals surface area contributed by atoms with Crippen LogP contribution in [-0.2, 0) is 20.0 Å². The standard InChI is InChI=1S/C15H16Cl2N2O4S2/c1-9-8-13(16)10(2)15(14(9)17)25(22,23)19-12-6-4-11(5-7-12)18-24(3,20)21/h4-8,18-19H,1-3H3. The zero-order chi connectivity index (χ0) is 19.0. The van der Waals surface area contributed by atoms with Crippen molar-refractivity contribution in [1.82, 2.24) is 0 Å². The molecular weight excluding hydrogens is 407 g/mol. The average Bonchev–Trinajstić information content (AvgIpc) is 2.45. The van der Waals surface area contributed by atoms with Crippen LogP contribution in [0.25, 0.3) is 0 Å². The highest BCUT2D eigenvalue weighted by Crippen LogP contribution is 2.34. The molecule has 0 aromatic heterocycles. The third-order valence-corrected chi connectivity index (χ3v) is 6.45. The SMILES string of the molecule is Cc1cc(Cl)c(C)c(S(=O)(=O)Nc2ccc(NS(C)(=O)=O)cc2)c1Cl. The van der Waals surface area contributed by atoms with Gasteiger partial charge in [0.05, 0.1) is 11.3 Å². The van der Waals surface area contributed by atoms with Gasteiger partial charge in [0.25, 0.3) is 10.0 Å². The lowest BCUT2D eigenvalue weighted by molar-refractivity contribution is 0.600. The number of nitrogens with one attached hydrogen (secondary N) is 2. The Morgan fingerprint density at radius 3 is 1.84 bits per heavy atom. The molecule has 0 fully saturated rings. The van der Waals surface area contributed by atoms with E-state index in [-0.39, 0.29) is 15.6 Å². The molecule has 0 radical (unpaired) electrons. The highest BCUT2D eigenvalue weighted by atomic mass is 35.5. The van der Waals surface area contributed by atoms with Gasteiger partial charge >= 0.3 is 0 Å². The van der Waals surface area contributed by atoms with Gasteiger partial charge in [-0.15, -0.1) is 0 Å². The van der Waals surface area contributed by atoms with Gasteiger partial charge in [-0.05, 0) is 55.3 Å². The largest absolute Gasteiger partial charge is 0.284 e. The predicted molar refractivity (Wildman–Crippen MR) is 102 cm³/mol. The molecule has 6 nitrogen and oxygen atoms in total. The van der Waals surface area contributed by atoms with Gasteiger partial charge in [-0.1, -0.05) is 23.2 Å². The van der Waals surface area contributed by atoms with E-state index in [0.717, 1.165) is 6.26 Å². The minimum Gasteiger partial charge on any atom is -0.284 e. The maximum atomic E-state index is 12.7. The zero-order valence-electron chi connectivity index (χ0n) is 13.6. The van der Waals surface area contributed by atoms with Gasteiger partial charge in [0, 0.05) is 16.4 Å². The van der Waals surface area contributed by atoms with E-state index < -0.39 is 20.0 Å². The van der Waals surface area contributed by atoms with Gasteiger partial charge in [-0.2, -0.15) is 0 Å². The van der Waals surface area contributed by atoms with Crippen LogP contribution in [0.1, 0.15) is 11.1 Å². The van der Waals surface area contributed by atoms with Gasteiger partial charge in [0.1, 0.15) is 4.90 Å². The Hall–Kier alpha value is -1.48. The molecule has 2 rings (SSSR count). The summed E-state index contributed by atoms with van der Waals surface area (Å²) in [7, 11) is -7.38. The third-order valence-electron chi connectivity index (χ3n) is 3.30. The highest BCUT2D eigenvalue weighted by Gasteiger charge is 2.24. The van der Waals surface area contributed by atoms with Crippen molar-refractivity contribution in [1.29, 1.82) is 0 Å². The number of anilines is 2. The van der Waals surface area contributed by atoms with E-state index in [9.17, 15) is 16.8 Å². The van der Waals surface area contributed by atoms with Crippen molar-refractivity contribution >= 4 is 54.6 Å². The van der Waals surface area contributed by atoms with E-state index in [0.29, 0.717) is 21.8 Å². The number of rotatable bonds is 5. The Bertz CT molecular complexity index is 992. The maximum absolute atomic E-state index is 12.7. The van der Waals surface area contributed by atoms with Gasteiger partial charge in [-0.3, -0.25) is 9.44 Å². The van der Waals surface area contributed by atoms with Crippen LogP contribution in [0, 0.1) is 13.8 Å². The lowest BCUT2D eigenvalue weighted by atomic mass is 10.2. The third kappa shape index (κ3) is 4.78. The fourth-order valence-corrected chi connectivity index (χ4v) is 5.00. The molecule has 2 aromatic carbocycles. The molecule has 136 valence electrons. The first-order valence-corrected chi connectivity index (χ1v) is 11.1. The molecule has 0 aliphatic carbocycles. The molecule has 0 saturated carbocycles. The van der Waals surface area contributed by atoms with Crippen LogP contribution in [0.5, 0.6) is 0 Å². The molecule has 0 amide bonds. The van der Waals surface area contributed by atoms with Crippen LogP contribution in [-0.4, -0.2) is 23.1 Å². The zero-order valence-corrected chi connectivity index (χ0v) is 16.7. The second-order valence-corrected chi connectivity index (χ2v) is 9.65. The van der Waals surface area contributed by atoms with Crippen LogP contribution in [0.3, 0.4) is 0 Å². The molecule has 2 N–H and O–H groups in total. The summed E-state index contributed by atoms with van der Waals surface area (Å²) in [6, 6.07) is 7.36. The Morgan fingerprint density at radius 1 is 0.880 bits per heavy atom. The molecule has 0 unspecified atom stereocenters. The maximum Gasteiger partial charge on any atom is 0.263 e. The molecule has 0 bridgehead atoms. The number of hydrogen-bond donors (Lipinski definition) is 2. The minimum absolute atomic E-state index is 0.0856. The van der Waals surface area contributed by atoms with Crippen LogP contribution < -0.4 is 9.44 Å². The Balaban J connectivity index is 2.37. The van der Waals surface area contributed by atoms with Crippen molar-refractivity contribution in [2.24, 2.45) is 0 Å². The van der Waals surface area contributed by atoms with Crippen molar-refractivity contribution in [3.05, 3.63) is 51.5 Å². The predicted octanol–water partition coefficient (Wildman–Crippen LogP) is 3.78. The van der Waals surface area contributed by atoms with Gasteiger partial charge in [-0.25, -0.2) is 16.8 Å². The van der Waals surface area contributed by atoms with Crippen molar-refractivity contribution < 1.29 is 16.8 Å². The topological polar surface area (TPSA) is 92.3 Å². The summed E-state index contributed by atoms with van der Waals surface area (Å²) in [5, 5.41) is 0.403. The summed E-state index contributed by atoms with van der Waals surface area (Å²) < 4.78 is 52.5. The van der Waals surface area contributed by atoms with E-state index in [4.69, 9.17) is 23.2 Å². The molecular formula is C15H16Cl2N2O4S2. The fraction of sp³-hybridized carbons (Fsp3) is 0.200. The number of aryl methyl sites for hydroxylation is 1. The Kier molecular flexibility index (Phi) is 5.58. The molecule has 0 atom stereocenters. The highest BCUT2D eigenvalue weighted by molar-refractivity contribution is 7.93. The second-order valence-electron chi connectivity index (χ2n) is 5.50. The molecule has 0 aliphatic heterocycles. The minimum atomic E-state index is -3.97. The van der Waals surface area contributed by atoms with Crippen LogP contribution in [0.2, 0.25) is 10.0 Å². The summed E-state index contributed by atoms with van der Waals surface area (Å²) in [5.41, 5.74) is 1.47. The van der Waals surface area contributed by atoms with Crippen LogP contribution >= 0.6 is 23.2 Å². The van der Waals surface area contributed by atoms with Crippen LogP contribution in [0.15, 0.2) is 35.2 Å². The normalized spacial score (nSPS) is 12.0. The first-order valence-electron chi connectivity index (χ1n) is 6.96. The molecule has 2 aromatic rings. The van der Waals surface area contributed by atoms with Gasteiger partial charge in [0.15, 0.2) is 0 Å².